The van der Waals surface area contributed by atoms with E-state index in [0.717, 1.165) is 16.6 Å². The second-order valence-electron chi connectivity index (χ2n) is 8.79. The van der Waals surface area contributed by atoms with E-state index in [1.807, 2.05) is 18.2 Å². The van der Waals surface area contributed by atoms with Gasteiger partial charge in [0.25, 0.3) is 0 Å². The third-order valence-electron chi connectivity index (χ3n) is 6.49. The quantitative estimate of drug-likeness (QED) is 0.464. The molecule has 0 amide bonds. The first-order valence-corrected chi connectivity index (χ1v) is 13.0. The zero-order valence-electron chi connectivity index (χ0n) is 19.0. The van der Waals surface area contributed by atoms with Crippen molar-refractivity contribution in [3.8, 4) is 0 Å². The topological polar surface area (TPSA) is 25.8 Å². The Hall–Kier alpha value is -2.52. The molecule has 0 radical (unpaired) electrons. The van der Waals surface area contributed by atoms with Crippen molar-refractivity contribution in [3.05, 3.63) is 90.1 Å². The molecule has 0 aliphatic heterocycles. The van der Waals surface area contributed by atoms with Crippen LogP contribution >= 0.6 is 11.7 Å². The second-order valence-corrected chi connectivity index (χ2v) is 9.32. The molecule has 0 bridgehead atoms. The molecule has 3 heteroatoms. The molecule has 1 fully saturated rings. The van der Waals surface area contributed by atoms with Crippen molar-refractivity contribution in [1.29, 1.82) is 0 Å². The van der Waals surface area contributed by atoms with Crippen molar-refractivity contribution >= 4 is 28.3 Å². The SMILES string of the molecule is C1=C\C=C/C=C\C(c2ccc(C3CCCCCCCCCC3)c3nsnc23)=C/C=C\C=C/1. The van der Waals surface area contributed by atoms with E-state index in [9.17, 15) is 0 Å². The molecule has 0 atom stereocenters. The molecule has 4 rings (SSSR count). The molecule has 1 aromatic heterocycles. The summed E-state index contributed by atoms with van der Waals surface area (Å²) in [6.07, 6.45) is 36.5. The van der Waals surface area contributed by atoms with Crippen molar-refractivity contribution < 1.29 is 0 Å². The highest BCUT2D eigenvalue weighted by atomic mass is 32.1. The number of aromatic nitrogens is 2. The summed E-state index contributed by atoms with van der Waals surface area (Å²) in [5.74, 6) is 0.606. The van der Waals surface area contributed by atoms with Gasteiger partial charge in [-0.25, -0.2) is 0 Å². The minimum Gasteiger partial charge on any atom is -0.173 e. The summed E-state index contributed by atoms with van der Waals surface area (Å²) >= 11 is 1.35. The van der Waals surface area contributed by atoms with Crippen LogP contribution in [0.1, 0.15) is 81.3 Å². The van der Waals surface area contributed by atoms with Crippen LogP contribution in [0.15, 0.2) is 79.0 Å². The number of fused-ring (bicyclic) bond motifs is 1. The lowest BCUT2D eigenvalue weighted by Gasteiger charge is -2.18. The molecule has 0 saturated heterocycles. The van der Waals surface area contributed by atoms with Crippen molar-refractivity contribution in [2.75, 3.05) is 0 Å². The molecule has 0 spiro atoms. The molecule has 166 valence electrons. The molecule has 0 N–H and O–H groups in total. The van der Waals surface area contributed by atoms with Crippen LogP contribution in [-0.2, 0) is 0 Å². The molecule has 32 heavy (non-hydrogen) atoms. The van der Waals surface area contributed by atoms with Gasteiger partial charge >= 0.3 is 0 Å². The molecule has 2 aromatic rings. The largest absolute Gasteiger partial charge is 0.173 e. The summed E-state index contributed by atoms with van der Waals surface area (Å²) in [5.41, 5.74) is 5.92. The predicted molar refractivity (Wildman–Crippen MR) is 140 cm³/mol. The van der Waals surface area contributed by atoms with Crippen molar-refractivity contribution in [3.63, 3.8) is 0 Å². The van der Waals surface area contributed by atoms with Gasteiger partial charge in [-0.2, -0.15) is 8.75 Å². The van der Waals surface area contributed by atoms with Gasteiger partial charge in [0.2, 0.25) is 0 Å². The molecule has 0 unspecified atom stereocenters. The lowest BCUT2D eigenvalue weighted by Crippen LogP contribution is -2.02. The van der Waals surface area contributed by atoms with Gasteiger partial charge in [0, 0.05) is 5.56 Å². The highest BCUT2D eigenvalue weighted by Crippen LogP contribution is 2.36. The van der Waals surface area contributed by atoms with Crippen LogP contribution in [0.2, 0.25) is 0 Å². The molecular formula is C29H34N2S. The fourth-order valence-electron chi connectivity index (χ4n) is 4.75. The summed E-state index contributed by atoms with van der Waals surface area (Å²) in [6, 6.07) is 4.62. The van der Waals surface area contributed by atoms with Gasteiger partial charge in [-0.3, -0.25) is 0 Å². The van der Waals surface area contributed by atoms with E-state index in [2.05, 4.69) is 60.7 Å². The number of allylic oxidation sites excluding steroid dienone is 12. The first-order chi connectivity index (χ1) is 15.9. The molecule has 1 aromatic carbocycles. The van der Waals surface area contributed by atoms with Gasteiger partial charge in [-0.15, -0.1) is 0 Å². The van der Waals surface area contributed by atoms with Crippen LogP contribution in [0, 0.1) is 0 Å². The van der Waals surface area contributed by atoms with Crippen LogP contribution < -0.4 is 0 Å². The number of hydrogen-bond acceptors (Lipinski definition) is 3. The zero-order valence-corrected chi connectivity index (χ0v) is 19.8. The highest BCUT2D eigenvalue weighted by Gasteiger charge is 2.19. The van der Waals surface area contributed by atoms with E-state index >= 15 is 0 Å². The number of benzene rings is 1. The normalized spacial score (nSPS) is 25.9. The predicted octanol–water partition coefficient (Wildman–Crippen LogP) is 8.87. The Bertz CT molecular complexity index is 1040. The van der Waals surface area contributed by atoms with E-state index < -0.39 is 0 Å². The van der Waals surface area contributed by atoms with E-state index in [4.69, 9.17) is 8.75 Å². The molecule has 2 aliphatic rings. The van der Waals surface area contributed by atoms with E-state index in [-0.39, 0.29) is 0 Å². The first-order valence-electron chi connectivity index (χ1n) is 12.2. The Balaban J connectivity index is 1.66. The summed E-state index contributed by atoms with van der Waals surface area (Å²) in [6.45, 7) is 0. The monoisotopic (exact) mass is 442 g/mol. The third-order valence-corrected chi connectivity index (χ3v) is 7.02. The minimum absolute atomic E-state index is 0.606. The van der Waals surface area contributed by atoms with Crippen molar-refractivity contribution in [1.82, 2.24) is 8.75 Å². The average Bonchev–Trinajstić information content (AvgIpc) is 3.27. The van der Waals surface area contributed by atoms with Crippen molar-refractivity contribution in [2.24, 2.45) is 0 Å². The Morgan fingerprint density at radius 3 is 1.84 bits per heavy atom. The van der Waals surface area contributed by atoms with E-state index in [1.54, 1.807) is 0 Å². The first kappa shape index (κ1) is 22.7. The number of rotatable bonds is 2. The van der Waals surface area contributed by atoms with Gasteiger partial charge in [0.15, 0.2) is 0 Å². The molecule has 1 heterocycles. The van der Waals surface area contributed by atoms with Crippen LogP contribution in [-0.4, -0.2) is 8.75 Å². The Labute approximate surface area is 197 Å². The van der Waals surface area contributed by atoms with Gasteiger partial charge < -0.3 is 0 Å². The standard InChI is InChI=1S/C29H34N2S/c1-2-6-10-14-18-24(19-15-11-7-3-1)26-22-23-27(29-28(26)30-32-31-29)25-20-16-12-8-4-5-9-13-17-21-25/h1-3,6-7,10-11,14-15,18-19,22-23,25H,4-5,8-9,12-13,16-17,20-21H2/b2-1-,3-1?,6-2?,7-3-,10-6-,11-7?,14-10?,15-11-,18-14-,19-15?,24-18?,24-19+. The summed E-state index contributed by atoms with van der Waals surface area (Å²) in [7, 11) is 0. The summed E-state index contributed by atoms with van der Waals surface area (Å²) in [4.78, 5) is 0. The van der Waals surface area contributed by atoms with Gasteiger partial charge in [0.1, 0.15) is 11.0 Å². The fraction of sp³-hybridized carbons (Fsp3) is 0.379. The molecule has 2 aliphatic carbocycles. The lowest BCUT2D eigenvalue weighted by atomic mass is 9.86. The Morgan fingerprint density at radius 2 is 1.16 bits per heavy atom. The average molecular weight is 443 g/mol. The van der Waals surface area contributed by atoms with Crippen LogP contribution in [0.3, 0.4) is 0 Å². The van der Waals surface area contributed by atoms with Crippen molar-refractivity contribution in [2.45, 2.75) is 70.1 Å². The Kier molecular flexibility index (Phi) is 8.85. The van der Waals surface area contributed by atoms with Crippen LogP contribution in [0.5, 0.6) is 0 Å². The maximum absolute atomic E-state index is 4.79. The second kappa shape index (κ2) is 12.5. The minimum atomic E-state index is 0.606. The number of hydrogen-bond donors (Lipinski definition) is 0. The fourth-order valence-corrected chi connectivity index (χ4v) is 5.33. The number of nitrogens with zero attached hydrogens (tertiary/aromatic N) is 2. The summed E-state index contributed by atoms with van der Waals surface area (Å²) in [5, 5.41) is 0. The van der Waals surface area contributed by atoms with Gasteiger partial charge in [0.05, 0.1) is 11.7 Å². The third kappa shape index (κ3) is 6.26. The molecular weight excluding hydrogens is 408 g/mol. The maximum atomic E-state index is 4.79. The lowest BCUT2D eigenvalue weighted by molar-refractivity contribution is 0.516. The zero-order chi connectivity index (χ0) is 21.8. The molecule has 2 nitrogen and oxygen atoms in total. The van der Waals surface area contributed by atoms with Crippen LogP contribution in [0.4, 0.5) is 0 Å². The van der Waals surface area contributed by atoms with Gasteiger partial charge in [-0.05, 0) is 29.9 Å². The van der Waals surface area contributed by atoms with E-state index in [0.29, 0.717) is 5.92 Å². The van der Waals surface area contributed by atoms with Crippen LogP contribution in [0.25, 0.3) is 16.6 Å². The maximum Gasteiger partial charge on any atom is 0.112 e. The summed E-state index contributed by atoms with van der Waals surface area (Å²) < 4.78 is 9.55. The smallest absolute Gasteiger partial charge is 0.112 e. The Morgan fingerprint density at radius 1 is 0.594 bits per heavy atom. The highest BCUT2D eigenvalue weighted by molar-refractivity contribution is 7.00. The van der Waals surface area contributed by atoms with E-state index in [1.165, 1.54) is 87.1 Å². The molecule has 1 saturated carbocycles. The van der Waals surface area contributed by atoms with Gasteiger partial charge in [-0.1, -0.05) is 130 Å².